The summed E-state index contributed by atoms with van der Waals surface area (Å²) in [6.07, 6.45) is 0.821. The van der Waals surface area contributed by atoms with Gasteiger partial charge in [0.2, 0.25) is 5.91 Å². The molecule has 0 aliphatic carbocycles. The molecule has 1 atom stereocenters. The van der Waals surface area contributed by atoms with Crippen molar-refractivity contribution in [3.8, 4) is 0 Å². The molecule has 1 amide bonds. The molecule has 0 aromatic rings. The van der Waals surface area contributed by atoms with Gasteiger partial charge in [0.25, 0.3) is 0 Å². The van der Waals surface area contributed by atoms with Gasteiger partial charge in [-0.05, 0) is 19.5 Å². The molecule has 92 valence electrons. The van der Waals surface area contributed by atoms with Crippen LogP contribution in [-0.2, 0) is 9.59 Å². The lowest BCUT2D eigenvalue weighted by Crippen LogP contribution is -2.43. The van der Waals surface area contributed by atoms with Crippen LogP contribution in [0.25, 0.3) is 0 Å². The van der Waals surface area contributed by atoms with E-state index >= 15 is 0 Å². The third-order valence-corrected chi connectivity index (χ3v) is 3.16. The van der Waals surface area contributed by atoms with E-state index in [0.717, 1.165) is 19.6 Å². The largest absolute Gasteiger partial charge is 0.480 e. The normalized spacial score (nSPS) is 20.8. The highest BCUT2D eigenvalue weighted by atomic mass is 16.4. The van der Waals surface area contributed by atoms with Crippen molar-refractivity contribution in [2.24, 2.45) is 0 Å². The Bertz CT molecular complexity index is 264. The summed E-state index contributed by atoms with van der Waals surface area (Å²) in [6.45, 7) is 7.25. The van der Waals surface area contributed by atoms with Crippen LogP contribution in [-0.4, -0.2) is 59.0 Å². The summed E-state index contributed by atoms with van der Waals surface area (Å²) in [5.41, 5.74) is 0. The zero-order valence-electron chi connectivity index (χ0n) is 9.98. The highest BCUT2D eigenvalue weighted by Gasteiger charge is 2.35. The summed E-state index contributed by atoms with van der Waals surface area (Å²) < 4.78 is 0. The van der Waals surface area contributed by atoms with Crippen LogP contribution in [0, 0.1) is 0 Å². The SMILES string of the molecule is CCN(CC)CCN1C(=O)CCC1C(=O)O. The number of hydrogen-bond acceptors (Lipinski definition) is 3. The summed E-state index contributed by atoms with van der Waals surface area (Å²) in [4.78, 5) is 26.1. The Kier molecular flexibility index (Phi) is 4.73. The first kappa shape index (κ1) is 13.0. The van der Waals surface area contributed by atoms with Gasteiger partial charge in [0.05, 0.1) is 0 Å². The Morgan fingerprint density at radius 3 is 2.62 bits per heavy atom. The second-order valence-corrected chi connectivity index (χ2v) is 4.01. The predicted octanol–water partition coefficient (Wildman–Crippen LogP) is 0.404. The molecular formula is C11H20N2O3. The molecule has 1 rings (SSSR count). The molecule has 1 aliphatic rings. The molecule has 5 heteroatoms. The maximum absolute atomic E-state index is 11.5. The molecule has 0 radical (unpaired) electrons. The number of carbonyl (C=O) groups is 2. The van der Waals surface area contributed by atoms with E-state index in [9.17, 15) is 9.59 Å². The predicted molar refractivity (Wildman–Crippen MR) is 60.2 cm³/mol. The van der Waals surface area contributed by atoms with Crippen molar-refractivity contribution in [2.45, 2.75) is 32.7 Å². The molecule has 1 unspecified atom stereocenters. The van der Waals surface area contributed by atoms with Crippen LogP contribution < -0.4 is 0 Å². The topological polar surface area (TPSA) is 60.9 Å². The minimum absolute atomic E-state index is 0.0282. The number of nitrogens with zero attached hydrogens (tertiary/aromatic N) is 2. The molecule has 0 aromatic heterocycles. The molecule has 0 spiro atoms. The Morgan fingerprint density at radius 2 is 2.12 bits per heavy atom. The number of likely N-dealkylation sites (N-methyl/N-ethyl adjacent to an activating group) is 1. The monoisotopic (exact) mass is 228 g/mol. The number of amides is 1. The fourth-order valence-corrected chi connectivity index (χ4v) is 2.06. The van der Waals surface area contributed by atoms with E-state index in [4.69, 9.17) is 5.11 Å². The number of carbonyl (C=O) groups excluding carboxylic acids is 1. The van der Waals surface area contributed by atoms with Crippen molar-refractivity contribution in [1.82, 2.24) is 9.80 Å². The maximum atomic E-state index is 11.5. The molecule has 1 saturated heterocycles. The summed E-state index contributed by atoms with van der Waals surface area (Å²) in [6, 6.07) is -0.608. The molecule has 1 aliphatic heterocycles. The van der Waals surface area contributed by atoms with Gasteiger partial charge in [0.1, 0.15) is 6.04 Å². The lowest BCUT2D eigenvalue weighted by molar-refractivity contribution is -0.146. The van der Waals surface area contributed by atoms with E-state index in [2.05, 4.69) is 18.7 Å². The quantitative estimate of drug-likeness (QED) is 0.715. The first-order valence-corrected chi connectivity index (χ1v) is 5.84. The fourth-order valence-electron chi connectivity index (χ4n) is 2.06. The third kappa shape index (κ3) is 2.95. The molecule has 1 fully saturated rings. The van der Waals surface area contributed by atoms with E-state index in [1.54, 1.807) is 0 Å². The number of carboxylic acid groups (broad SMARTS) is 1. The van der Waals surface area contributed by atoms with Gasteiger partial charge in [-0.25, -0.2) is 4.79 Å². The first-order chi connectivity index (χ1) is 7.60. The molecule has 1 N–H and O–H groups in total. The second-order valence-electron chi connectivity index (χ2n) is 4.01. The van der Waals surface area contributed by atoms with Gasteiger partial charge in [-0.3, -0.25) is 4.79 Å². The summed E-state index contributed by atoms with van der Waals surface area (Å²) >= 11 is 0. The van der Waals surface area contributed by atoms with Crippen molar-refractivity contribution in [3.63, 3.8) is 0 Å². The number of aliphatic carboxylic acids is 1. The van der Waals surface area contributed by atoms with Crippen LogP contribution in [0.4, 0.5) is 0 Å². The Hall–Kier alpha value is -1.10. The summed E-state index contributed by atoms with van der Waals surface area (Å²) in [5, 5.41) is 8.97. The van der Waals surface area contributed by atoms with E-state index in [0.29, 0.717) is 19.4 Å². The Balaban J connectivity index is 2.50. The Labute approximate surface area is 96.0 Å². The van der Waals surface area contributed by atoms with Crippen molar-refractivity contribution in [2.75, 3.05) is 26.2 Å². The van der Waals surface area contributed by atoms with Crippen LogP contribution in [0.2, 0.25) is 0 Å². The molecule has 1 heterocycles. The first-order valence-electron chi connectivity index (χ1n) is 5.84. The smallest absolute Gasteiger partial charge is 0.326 e. The van der Waals surface area contributed by atoms with Gasteiger partial charge in [0, 0.05) is 19.5 Å². The zero-order valence-corrected chi connectivity index (χ0v) is 9.98. The third-order valence-electron chi connectivity index (χ3n) is 3.16. The van der Waals surface area contributed by atoms with Gasteiger partial charge in [-0.2, -0.15) is 0 Å². The highest BCUT2D eigenvalue weighted by molar-refractivity contribution is 5.87. The molecular weight excluding hydrogens is 208 g/mol. The van der Waals surface area contributed by atoms with Crippen molar-refractivity contribution in [1.29, 1.82) is 0 Å². The lowest BCUT2D eigenvalue weighted by atomic mass is 10.2. The van der Waals surface area contributed by atoms with Crippen LogP contribution in [0.1, 0.15) is 26.7 Å². The molecule has 16 heavy (non-hydrogen) atoms. The lowest BCUT2D eigenvalue weighted by Gasteiger charge is -2.25. The number of likely N-dealkylation sites (tertiary alicyclic amines) is 1. The zero-order chi connectivity index (χ0) is 12.1. The van der Waals surface area contributed by atoms with Crippen molar-refractivity contribution < 1.29 is 14.7 Å². The average molecular weight is 228 g/mol. The number of carboxylic acids is 1. The van der Waals surface area contributed by atoms with Crippen LogP contribution >= 0.6 is 0 Å². The van der Waals surface area contributed by atoms with E-state index in [1.165, 1.54) is 4.90 Å². The highest BCUT2D eigenvalue weighted by Crippen LogP contribution is 2.18. The fraction of sp³-hybridized carbons (Fsp3) is 0.818. The Morgan fingerprint density at radius 1 is 1.50 bits per heavy atom. The van der Waals surface area contributed by atoms with E-state index in [-0.39, 0.29) is 5.91 Å². The molecule has 0 aromatic carbocycles. The van der Waals surface area contributed by atoms with Gasteiger partial charge < -0.3 is 14.9 Å². The second kappa shape index (κ2) is 5.84. The minimum Gasteiger partial charge on any atom is -0.480 e. The van der Waals surface area contributed by atoms with Gasteiger partial charge in [-0.1, -0.05) is 13.8 Å². The van der Waals surface area contributed by atoms with E-state index < -0.39 is 12.0 Å². The number of hydrogen-bond donors (Lipinski definition) is 1. The van der Waals surface area contributed by atoms with Crippen molar-refractivity contribution >= 4 is 11.9 Å². The summed E-state index contributed by atoms with van der Waals surface area (Å²) in [5.74, 6) is -0.912. The average Bonchev–Trinajstić information content (AvgIpc) is 2.62. The molecule has 0 saturated carbocycles. The van der Waals surface area contributed by atoms with Crippen LogP contribution in [0.15, 0.2) is 0 Å². The number of rotatable bonds is 6. The maximum Gasteiger partial charge on any atom is 0.326 e. The van der Waals surface area contributed by atoms with E-state index in [1.807, 2.05) is 0 Å². The summed E-state index contributed by atoms with van der Waals surface area (Å²) in [7, 11) is 0. The molecule has 0 bridgehead atoms. The van der Waals surface area contributed by atoms with Gasteiger partial charge in [-0.15, -0.1) is 0 Å². The minimum atomic E-state index is -0.884. The van der Waals surface area contributed by atoms with Gasteiger partial charge >= 0.3 is 5.97 Å². The van der Waals surface area contributed by atoms with Crippen LogP contribution in [0.3, 0.4) is 0 Å². The standard InChI is InChI=1S/C11H20N2O3/c1-3-12(4-2)7-8-13-9(11(15)16)5-6-10(13)14/h9H,3-8H2,1-2H3,(H,15,16). The van der Waals surface area contributed by atoms with Crippen molar-refractivity contribution in [3.05, 3.63) is 0 Å². The van der Waals surface area contributed by atoms with Crippen LogP contribution in [0.5, 0.6) is 0 Å². The van der Waals surface area contributed by atoms with Gasteiger partial charge in [0.15, 0.2) is 0 Å². The molecule has 5 nitrogen and oxygen atoms in total.